The third kappa shape index (κ3) is 2.46. The Morgan fingerprint density at radius 2 is 1.83 bits per heavy atom. The lowest BCUT2D eigenvalue weighted by atomic mass is 9.84. The largest absolute Gasteiger partial charge is 0.461 e. The zero-order valence-electron chi connectivity index (χ0n) is 15.4. The van der Waals surface area contributed by atoms with Crippen molar-refractivity contribution in [1.29, 1.82) is 0 Å². The van der Waals surface area contributed by atoms with E-state index in [-0.39, 0.29) is 17.6 Å². The highest BCUT2D eigenvalue weighted by Crippen LogP contribution is 2.54. The fourth-order valence-corrected chi connectivity index (χ4v) is 10.3. The highest BCUT2D eigenvalue weighted by molar-refractivity contribution is 6.83. The second kappa shape index (κ2) is 6.23. The fraction of sp³-hybridized carbons (Fsp3) is 0.750. The van der Waals surface area contributed by atoms with Gasteiger partial charge in [-0.1, -0.05) is 61.7 Å². The van der Waals surface area contributed by atoms with Crippen LogP contribution in [0.5, 0.6) is 0 Å². The average molecular weight is 333 g/mol. The van der Waals surface area contributed by atoms with Crippen LogP contribution in [0.2, 0.25) is 23.7 Å². The van der Waals surface area contributed by atoms with Crippen molar-refractivity contribution in [2.45, 2.75) is 83.7 Å². The second-order valence-electron chi connectivity index (χ2n) is 7.94. The number of hydrogen-bond acceptors (Lipinski definition) is 2. The molecule has 3 rings (SSSR count). The molecule has 4 atom stereocenters. The van der Waals surface area contributed by atoms with E-state index in [0.29, 0.717) is 11.8 Å². The molecule has 3 aliphatic rings. The van der Waals surface area contributed by atoms with Gasteiger partial charge in [0, 0.05) is 11.8 Å². The molecular weight excluding hydrogens is 300 g/mol. The van der Waals surface area contributed by atoms with Crippen molar-refractivity contribution < 1.29 is 9.53 Å². The lowest BCUT2D eigenvalue weighted by Crippen LogP contribution is -2.43. The summed E-state index contributed by atoms with van der Waals surface area (Å²) in [6, 6.07) is 3.63. The molecule has 0 radical (unpaired) electrons. The van der Waals surface area contributed by atoms with Gasteiger partial charge in [0.05, 0.1) is 13.6 Å². The highest BCUT2D eigenvalue weighted by Gasteiger charge is 2.57. The normalized spacial score (nSPS) is 34.0. The van der Waals surface area contributed by atoms with Gasteiger partial charge < -0.3 is 4.74 Å². The lowest BCUT2D eigenvalue weighted by Gasteiger charge is -2.36. The number of hydrogen-bond donors (Lipinski definition) is 0. The lowest BCUT2D eigenvalue weighted by molar-refractivity contribution is -0.142. The van der Waals surface area contributed by atoms with Gasteiger partial charge in [-0.25, -0.2) is 0 Å². The van der Waals surface area contributed by atoms with Gasteiger partial charge in [0.15, 0.2) is 0 Å². The standard InChI is InChI=1S/C20H32O2Si/c1-6-23(7-2,8-3)19-16-12-9-13(4)15-11-10-14(5)17(15)18(16)22-20(19)21/h10,16-19H,6-9,11-12H2,1-5H3/t16-,17+,18+,19?/m1/s1. The van der Waals surface area contributed by atoms with Gasteiger partial charge in [0.25, 0.3) is 0 Å². The number of rotatable bonds is 4. The van der Waals surface area contributed by atoms with E-state index in [0.717, 1.165) is 19.3 Å². The Labute approximate surface area is 142 Å². The average Bonchev–Trinajstić information content (AvgIpc) is 3.04. The van der Waals surface area contributed by atoms with E-state index in [4.69, 9.17) is 4.74 Å². The van der Waals surface area contributed by atoms with Crippen LogP contribution >= 0.6 is 0 Å². The van der Waals surface area contributed by atoms with Crippen LogP contribution in [-0.2, 0) is 9.53 Å². The van der Waals surface area contributed by atoms with Crippen LogP contribution in [0.15, 0.2) is 22.8 Å². The Balaban J connectivity index is 2.00. The van der Waals surface area contributed by atoms with Crippen LogP contribution in [-0.4, -0.2) is 20.1 Å². The molecule has 1 aliphatic heterocycles. The number of allylic oxidation sites excluding steroid dienone is 2. The van der Waals surface area contributed by atoms with Crippen molar-refractivity contribution >= 4 is 14.0 Å². The summed E-state index contributed by atoms with van der Waals surface area (Å²) < 4.78 is 6.12. The van der Waals surface area contributed by atoms with Gasteiger partial charge in [-0.15, -0.1) is 0 Å². The zero-order valence-corrected chi connectivity index (χ0v) is 16.4. The fourth-order valence-electron chi connectivity index (χ4n) is 5.66. The quantitative estimate of drug-likeness (QED) is 0.387. The number of esters is 1. The molecule has 0 N–H and O–H groups in total. The molecule has 0 amide bonds. The van der Waals surface area contributed by atoms with E-state index >= 15 is 0 Å². The SMILES string of the molecule is CC[Si](CC)(CC)C1C(=O)O[C@@H]2[C@H]3C(C)=CCC3=C(C)CC[C@@H]12. The number of ether oxygens (including phenoxy) is 1. The van der Waals surface area contributed by atoms with Crippen molar-refractivity contribution in [1.82, 2.24) is 0 Å². The summed E-state index contributed by atoms with van der Waals surface area (Å²) in [5.74, 6) is 0.984. The molecule has 23 heavy (non-hydrogen) atoms. The topological polar surface area (TPSA) is 26.3 Å². The first-order valence-electron chi connectivity index (χ1n) is 9.54. The maximum Gasteiger partial charge on any atom is 0.306 e. The molecule has 128 valence electrons. The summed E-state index contributed by atoms with van der Waals surface area (Å²) >= 11 is 0. The first kappa shape index (κ1) is 17.0. The summed E-state index contributed by atoms with van der Waals surface area (Å²) in [4.78, 5) is 12.9. The van der Waals surface area contributed by atoms with Crippen LogP contribution in [0.25, 0.3) is 0 Å². The Hall–Kier alpha value is -0.833. The van der Waals surface area contributed by atoms with E-state index in [9.17, 15) is 4.79 Å². The van der Waals surface area contributed by atoms with Crippen LogP contribution in [0, 0.1) is 11.8 Å². The van der Waals surface area contributed by atoms with Gasteiger partial charge in [-0.3, -0.25) is 4.79 Å². The maximum atomic E-state index is 12.9. The monoisotopic (exact) mass is 332 g/mol. The summed E-state index contributed by atoms with van der Waals surface area (Å²) in [6.07, 6.45) is 5.86. The molecule has 2 aliphatic carbocycles. The van der Waals surface area contributed by atoms with Gasteiger partial charge in [0.2, 0.25) is 0 Å². The van der Waals surface area contributed by atoms with Crippen molar-refractivity contribution in [3.05, 3.63) is 22.8 Å². The van der Waals surface area contributed by atoms with E-state index < -0.39 is 8.07 Å². The third-order valence-corrected chi connectivity index (χ3v) is 13.6. The summed E-state index contributed by atoms with van der Waals surface area (Å²) in [6.45, 7) is 11.5. The molecule has 3 heteroatoms. The zero-order chi connectivity index (χ0) is 16.8. The van der Waals surface area contributed by atoms with E-state index in [2.05, 4.69) is 40.7 Å². The predicted molar refractivity (Wildman–Crippen MR) is 98.1 cm³/mol. The third-order valence-electron chi connectivity index (χ3n) is 7.37. The molecule has 1 saturated heterocycles. The molecule has 1 unspecified atom stereocenters. The highest BCUT2D eigenvalue weighted by atomic mass is 28.3. The molecule has 2 nitrogen and oxygen atoms in total. The van der Waals surface area contributed by atoms with E-state index in [1.807, 2.05) is 0 Å². The Morgan fingerprint density at radius 1 is 1.17 bits per heavy atom. The first-order valence-corrected chi connectivity index (χ1v) is 12.2. The smallest absolute Gasteiger partial charge is 0.306 e. The molecule has 1 fully saturated rings. The Kier molecular flexibility index (Phi) is 4.61. The minimum absolute atomic E-state index is 0.121. The maximum absolute atomic E-state index is 12.9. The van der Waals surface area contributed by atoms with Crippen molar-refractivity contribution in [3.8, 4) is 0 Å². The van der Waals surface area contributed by atoms with Gasteiger partial charge in [-0.05, 0) is 33.1 Å². The molecule has 0 spiro atoms. The molecule has 0 aromatic heterocycles. The molecular formula is C20H32O2Si. The summed E-state index contributed by atoms with van der Waals surface area (Å²) in [5, 5.41) is 0. The summed E-state index contributed by atoms with van der Waals surface area (Å²) in [7, 11) is -1.58. The van der Waals surface area contributed by atoms with Gasteiger partial charge >= 0.3 is 5.97 Å². The van der Waals surface area contributed by atoms with Crippen molar-refractivity contribution in [2.24, 2.45) is 11.8 Å². The predicted octanol–water partition coefficient (Wildman–Crippen LogP) is 5.48. The van der Waals surface area contributed by atoms with E-state index in [1.165, 1.54) is 23.7 Å². The molecule has 0 aromatic rings. The van der Waals surface area contributed by atoms with Crippen LogP contribution < -0.4 is 0 Å². The van der Waals surface area contributed by atoms with Crippen molar-refractivity contribution in [2.75, 3.05) is 0 Å². The minimum Gasteiger partial charge on any atom is -0.461 e. The summed E-state index contributed by atoms with van der Waals surface area (Å²) in [5.41, 5.74) is 4.78. The second-order valence-corrected chi connectivity index (χ2v) is 13.4. The van der Waals surface area contributed by atoms with Crippen molar-refractivity contribution in [3.63, 3.8) is 0 Å². The molecule has 0 saturated carbocycles. The van der Waals surface area contributed by atoms with Crippen LogP contribution in [0.3, 0.4) is 0 Å². The molecule has 0 aromatic carbocycles. The number of fused-ring (bicyclic) bond motifs is 3. The molecule has 1 heterocycles. The van der Waals surface area contributed by atoms with Gasteiger partial charge in [0.1, 0.15) is 6.10 Å². The Bertz CT molecular complexity index is 548. The minimum atomic E-state index is -1.58. The van der Waals surface area contributed by atoms with E-state index in [1.54, 1.807) is 11.1 Å². The first-order chi connectivity index (χ1) is 11.0. The number of carbonyl (C=O) groups excluding carboxylic acids is 1. The van der Waals surface area contributed by atoms with Crippen LogP contribution in [0.4, 0.5) is 0 Å². The Morgan fingerprint density at radius 3 is 2.43 bits per heavy atom. The molecule has 0 bridgehead atoms. The number of carbonyl (C=O) groups is 1. The van der Waals surface area contributed by atoms with Gasteiger partial charge in [-0.2, -0.15) is 0 Å². The van der Waals surface area contributed by atoms with Crippen LogP contribution in [0.1, 0.15) is 53.9 Å².